The second-order valence-electron chi connectivity index (χ2n) is 5.99. The van der Waals surface area contributed by atoms with Gasteiger partial charge in [-0.1, -0.05) is 13.0 Å². The van der Waals surface area contributed by atoms with E-state index >= 15 is 0 Å². The lowest BCUT2D eigenvalue weighted by Gasteiger charge is -2.16. The molecule has 6 N–H and O–H groups in total. The summed E-state index contributed by atoms with van der Waals surface area (Å²) in [5, 5.41) is 28.4. The van der Waals surface area contributed by atoms with Crippen LogP contribution in [0, 0.1) is 22.9 Å². The van der Waals surface area contributed by atoms with Crippen molar-refractivity contribution in [1.29, 1.82) is 5.41 Å². The van der Waals surface area contributed by atoms with Crippen LogP contribution in [0.25, 0.3) is 0 Å². The van der Waals surface area contributed by atoms with Crippen molar-refractivity contribution in [2.24, 2.45) is 10.7 Å². The minimum atomic E-state index is -1.34. The summed E-state index contributed by atoms with van der Waals surface area (Å²) in [4.78, 5) is 3.65. The number of ether oxygens (including phenoxy) is 1. The molecule has 0 aliphatic carbocycles. The van der Waals surface area contributed by atoms with Crippen molar-refractivity contribution in [2.75, 3.05) is 18.5 Å². The molecular formula is C19H21F3N4O3. The van der Waals surface area contributed by atoms with E-state index in [9.17, 15) is 13.2 Å². The van der Waals surface area contributed by atoms with Crippen LogP contribution in [-0.4, -0.2) is 41.4 Å². The van der Waals surface area contributed by atoms with Gasteiger partial charge in [0.1, 0.15) is 11.9 Å². The number of nitrogens with one attached hydrogen (secondary N) is 2. The third kappa shape index (κ3) is 5.46. The van der Waals surface area contributed by atoms with Crippen LogP contribution in [0.1, 0.15) is 18.1 Å². The molecule has 0 bridgehead atoms. The van der Waals surface area contributed by atoms with Crippen LogP contribution in [0.3, 0.4) is 0 Å². The Hall–Kier alpha value is -3.11. The zero-order chi connectivity index (χ0) is 21.6. The molecule has 7 nitrogen and oxygen atoms in total. The van der Waals surface area contributed by atoms with Crippen LogP contribution < -0.4 is 11.1 Å². The fraction of sp³-hybridized carbons (Fsp3) is 0.263. The Balaban J connectivity index is 2.37. The number of aliphatic imine (C=N–C) groups is 1. The highest BCUT2D eigenvalue weighted by Crippen LogP contribution is 2.29. The first kappa shape index (κ1) is 22.2. The molecular weight excluding hydrogens is 389 g/mol. The third-order valence-electron chi connectivity index (χ3n) is 3.98. The number of aliphatic hydroxyl groups is 2. The van der Waals surface area contributed by atoms with Crippen LogP contribution in [0.5, 0.6) is 0 Å². The Morgan fingerprint density at radius 2 is 1.86 bits per heavy atom. The maximum absolute atomic E-state index is 14.4. The van der Waals surface area contributed by atoms with E-state index in [1.165, 1.54) is 12.1 Å². The lowest BCUT2D eigenvalue weighted by atomic mass is 10.1. The van der Waals surface area contributed by atoms with Gasteiger partial charge in [0, 0.05) is 0 Å². The van der Waals surface area contributed by atoms with Gasteiger partial charge in [-0.3, -0.25) is 5.41 Å². The summed E-state index contributed by atoms with van der Waals surface area (Å²) in [7, 11) is 0. The van der Waals surface area contributed by atoms with Crippen molar-refractivity contribution < 1.29 is 28.1 Å². The minimum absolute atomic E-state index is 0.122. The summed E-state index contributed by atoms with van der Waals surface area (Å²) in [6.45, 7) is 0.812. The maximum Gasteiger partial charge on any atom is 0.289 e. The first-order valence-corrected chi connectivity index (χ1v) is 8.65. The van der Waals surface area contributed by atoms with Gasteiger partial charge in [-0.2, -0.15) is 0 Å². The molecule has 156 valence electrons. The van der Waals surface area contributed by atoms with Gasteiger partial charge in [0.2, 0.25) is 5.90 Å². The molecule has 0 aromatic heterocycles. The number of nitrogens with two attached hydrogens (primary N) is 1. The van der Waals surface area contributed by atoms with E-state index in [-0.39, 0.29) is 11.3 Å². The first-order chi connectivity index (χ1) is 13.8. The van der Waals surface area contributed by atoms with Crippen LogP contribution >= 0.6 is 0 Å². The number of nitrogens with zero attached hydrogens (tertiary/aromatic N) is 1. The van der Waals surface area contributed by atoms with Crippen molar-refractivity contribution in [3.63, 3.8) is 0 Å². The summed E-state index contributed by atoms with van der Waals surface area (Å²) in [5.41, 5.74) is 5.34. The van der Waals surface area contributed by atoms with Crippen molar-refractivity contribution in [2.45, 2.75) is 19.4 Å². The van der Waals surface area contributed by atoms with Gasteiger partial charge in [0.05, 0.1) is 30.2 Å². The lowest BCUT2D eigenvalue weighted by molar-refractivity contribution is 0.194. The molecule has 2 aromatic rings. The van der Waals surface area contributed by atoms with Crippen LogP contribution in [0.15, 0.2) is 35.3 Å². The Kier molecular flexibility index (Phi) is 7.57. The van der Waals surface area contributed by atoms with Crippen LogP contribution in [-0.2, 0) is 11.2 Å². The zero-order valence-electron chi connectivity index (χ0n) is 15.5. The van der Waals surface area contributed by atoms with Crippen LogP contribution in [0.2, 0.25) is 0 Å². The highest BCUT2D eigenvalue weighted by molar-refractivity contribution is 6.03. The summed E-state index contributed by atoms with van der Waals surface area (Å²) >= 11 is 0. The molecule has 0 fully saturated rings. The van der Waals surface area contributed by atoms with Crippen LogP contribution in [0.4, 0.5) is 24.5 Å². The second-order valence-corrected chi connectivity index (χ2v) is 5.99. The summed E-state index contributed by atoms with van der Waals surface area (Å²) in [6, 6.07) is 4.56. The predicted molar refractivity (Wildman–Crippen MR) is 103 cm³/mol. The van der Waals surface area contributed by atoms with Crippen molar-refractivity contribution in [3.05, 3.63) is 58.9 Å². The number of aryl methyl sites for hydroxylation is 1. The highest BCUT2D eigenvalue weighted by Gasteiger charge is 2.20. The molecule has 10 heteroatoms. The molecule has 0 radical (unpaired) electrons. The van der Waals surface area contributed by atoms with E-state index < -0.39 is 54.3 Å². The van der Waals surface area contributed by atoms with Gasteiger partial charge in [0.25, 0.3) is 6.02 Å². The predicted octanol–water partition coefficient (Wildman–Crippen LogP) is 2.42. The molecule has 0 atom stereocenters. The zero-order valence-corrected chi connectivity index (χ0v) is 15.5. The van der Waals surface area contributed by atoms with Gasteiger partial charge in [-0.15, -0.1) is 0 Å². The molecule has 2 aromatic carbocycles. The average molecular weight is 410 g/mol. The molecule has 0 amide bonds. The maximum atomic E-state index is 14.4. The molecule has 0 saturated carbocycles. The Morgan fingerprint density at radius 3 is 2.45 bits per heavy atom. The standard InChI is InChI=1S/C19H21F3N4O3/c1-2-10-3-6-15(14(21)7-10)26-17-12(4-5-13(20)16(17)22)18(23)29-19(24)25-11(8-27)9-28/h3-7,11,23,26-28H,2,8-9H2,1H3,(H2,24,25). The van der Waals surface area contributed by atoms with Crippen molar-refractivity contribution >= 4 is 23.3 Å². The van der Waals surface area contributed by atoms with E-state index in [1.54, 1.807) is 6.07 Å². The first-order valence-electron chi connectivity index (χ1n) is 8.65. The Morgan fingerprint density at radius 1 is 1.17 bits per heavy atom. The quantitative estimate of drug-likeness (QED) is 0.354. The minimum Gasteiger partial charge on any atom is -0.407 e. The molecule has 29 heavy (non-hydrogen) atoms. The van der Waals surface area contributed by atoms with E-state index in [0.29, 0.717) is 6.42 Å². The number of halogens is 3. The van der Waals surface area contributed by atoms with E-state index in [0.717, 1.165) is 17.7 Å². The molecule has 0 aliphatic heterocycles. The molecule has 0 saturated heterocycles. The van der Waals surface area contributed by atoms with Crippen molar-refractivity contribution in [1.82, 2.24) is 0 Å². The second kappa shape index (κ2) is 9.89. The summed E-state index contributed by atoms with van der Waals surface area (Å²) in [6.07, 6.45) is 0.594. The Bertz CT molecular complexity index is 918. The number of benzene rings is 2. The average Bonchev–Trinajstić information content (AvgIpc) is 2.70. The highest BCUT2D eigenvalue weighted by atomic mass is 19.2. The number of rotatable bonds is 7. The van der Waals surface area contributed by atoms with Gasteiger partial charge in [-0.25, -0.2) is 18.2 Å². The number of amidine groups is 1. The van der Waals surface area contributed by atoms with Gasteiger partial charge in [0.15, 0.2) is 11.6 Å². The molecule has 0 aliphatic rings. The lowest BCUT2D eigenvalue weighted by Crippen LogP contribution is -2.26. The normalized spacial score (nSPS) is 11.6. The number of hydrogen-bond donors (Lipinski definition) is 5. The Labute approximate surface area is 165 Å². The van der Waals surface area contributed by atoms with Gasteiger partial charge < -0.3 is 26.0 Å². The smallest absolute Gasteiger partial charge is 0.289 e. The van der Waals surface area contributed by atoms with E-state index in [1.807, 2.05) is 6.92 Å². The third-order valence-corrected chi connectivity index (χ3v) is 3.98. The fourth-order valence-electron chi connectivity index (χ4n) is 2.38. The SMILES string of the molecule is CCc1ccc(Nc2c(C(=N)OC(N)=NC(CO)CO)ccc(F)c2F)c(F)c1. The largest absolute Gasteiger partial charge is 0.407 e. The van der Waals surface area contributed by atoms with E-state index in [2.05, 4.69) is 10.3 Å². The molecule has 0 unspecified atom stereocenters. The van der Waals surface area contributed by atoms with Crippen molar-refractivity contribution in [3.8, 4) is 0 Å². The number of aliphatic hydroxyl groups excluding tert-OH is 2. The monoisotopic (exact) mass is 410 g/mol. The molecule has 0 spiro atoms. The summed E-state index contributed by atoms with van der Waals surface area (Å²) in [5.74, 6) is -3.93. The fourth-order valence-corrected chi connectivity index (χ4v) is 2.38. The van der Waals surface area contributed by atoms with E-state index in [4.69, 9.17) is 26.1 Å². The number of hydrogen-bond acceptors (Lipinski definition) is 6. The molecule has 0 heterocycles. The van der Waals surface area contributed by atoms with Gasteiger partial charge >= 0.3 is 0 Å². The summed E-state index contributed by atoms with van der Waals surface area (Å²) < 4.78 is 47.4. The topological polar surface area (TPSA) is 124 Å². The molecule has 2 rings (SSSR count). The van der Waals surface area contributed by atoms with Gasteiger partial charge in [-0.05, 0) is 36.2 Å². The number of anilines is 2.